The van der Waals surface area contributed by atoms with Gasteiger partial charge >= 0.3 is 5.97 Å². The van der Waals surface area contributed by atoms with Crippen LogP contribution in [0.15, 0.2) is 42.5 Å². The van der Waals surface area contributed by atoms with Crippen molar-refractivity contribution >= 4 is 23.5 Å². The number of esters is 1. The van der Waals surface area contributed by atoms with Gasteiger partial charge in [-0.05, 0) is 65.3 Å². The number of fused-ring (bicyclic) bond motifs is 1. The molecule has 2 atom stereocenters. The molecule has 1 aliphatic rings. The minimum atomic E-state index is -1.24. The zero-order chi connectivity index (χ0) is 23.8. The maximum atomic E-state index is 13.6. The van der Waals surface area contributed by atoms with Gasteiger partial charge in [0.25, 0.3) is 0 Å². The van der Waals surface area contributed by atoms with Gasteiger partial charge in [0.1, 0.15) is 11.2 Å². The molecule has 0 radical (unpaired) electrons. The molecule has 0 fully saturated rings. The topological polar surface area (TPSA) is 49.9 Å². The predicted molar refractivity (Wildman–Crippen MR) is 128 cm³/mol. The highest BCUT2D eigenvalue weighted by molar-refractivity contribution is 6.30. The molecule has 2 aromatic carbocycles. The molecule has 0 aliphatic carbocycles. The third-order valence-electron chi connectivity index (χ3n) is 6.49. The van der Waals surface area contributed by atoms with Crippen LogP contribution in [0.5, 0.6) is 5.75 Å². The van der Waals surface area contributed by atoms with Crippen LogP contribution in [0.4, 0.5) is 0 Å². The summed E-state index contributed by atoms with van der Waals surface area (Å²) in [6.07, 6.45) is -0.165. The van der Waals surface area contributed by atoms with Crippen molar-refractivity contribution in [1.29, 1.82) is 0 Å². The lowest BCUT2D eigenvalue weighted by molar-refractivity contribution is -0.144. The fourth-order valence-corrected chi connectivity index (χ4v) is 4.99. The highest BCUT2D eigenvalue weighted by atomic mass is 35.5. The summed E-state index contributed by atoms with van der Waals surface area (Å²) in [6.45, 7) is 12.5. The van der Waals surface area contributed by atoms with E-state index >= 15 is 0 Å². The van der Waals surface area contributed by atoms with Gasteiger partial charge in [0.05, 0.1) is 12.6 Å². The molecular formula is C26H33ClN2O3. The first kappa shape index (κ1) is 24.3. The van der Waals surface area contributed by atoms with E-state index in [1.165, 1.54) is 0 Å². The van der Waals surface area contributed by atoms with Gasteiger partial charge in [0.2, 0.25) is 5.91 Å². The first-order valence-electron chi connectivity index (χ1n) is 11.1. The number of hydrogen-bond donors (Lipinski definition) is 0. The van der Waals surface area contributed by atoms with Crippen molar-refractivity contribution in [3.05, 3.63) is 64.2 Å². The molecule has 5 nitrogen and oxygen atoms in total. The molecule has 0 aromatic heterocycles. The Morgan fingerprint density at radius 1 is 1.03 bits per heavy atom. The number of hydrogen-bond acceptors (Lipinski definition) is 4. The lowest BCUT2D eigenvalue weighted by atomic mass is 9.72. The van der Waals surface area contributed by atoms with E-state index < -0.39 is 11.4 Å². The molecular weight excluding hydrogens is 424 g/mol. The van der Waals surface area contributed by atoms with Crippen LogP contribution in [0.3, 0.4) is 0 Å². The normalized spacial score (nSPS) is 18.8. The fourth-order valence-electron chi connectivity index (χ4n) is 4.82. The van der Waals surface area contributed by atoms with Gasteiger partial charge in [-0.15, -0.1) is 0 Å². The Bertz CT molecular complexity index is 995. The summed E-state index contributed by atoms with van der Waals surface area (Å²) in [7, 11) is 1.80. The van der Waals surface area contributed by atoms with E-state index in [1.807, 2.05) is 38.1 Å². The van der Waals surface area contributed by atoms with Crippen molar-refractivity contribution in [1.82, 2.24) is 9.80 Å². The molecule has 2 unspecified atom stereocenters. The van der Waals surface area contributed by atoms with Crippen molar-refractivity contribution in [3.8, 4) is 5.75 Å². The van der Waals surface area contributed by atoms with Crippen LogP contribution >= 0.6 is 11.6 Å². The first-order valence-corrected chi connectivity index (χ1v) is 11.5. The maximum Gasteiger partial charge on any atom is 0.327 e. The van der Waals surface area contributed by atoms with Crippen molar-refractivity contribution in [2.75, 3.05) is 7.05 Å². The summed E-state index contributed by atoms with van der Waals surface area (Å²) in [5.74, 6) is -0.124. The summed E-state index contributed by atoms with van der Waals surface area (Å²) < 4.78 is 5.65. The average Bonchev–Trinajstić information content (AvgIpc) is 2.99. The number of carbonyl (C=O) groups excluding carboxylic acids is 2. The van der Waals surface area contributed by atoms with Crippen molar-refractivity contribution < 1.29 is 14.3 Å². The Morgan fingerprint density at radius 2 is 1.62 bits per heavy atom. The lowest BCUT2D eigenvalue weighted by Crippen LogP contribution is -2.54. The Morgan fingerprint density at radius 3 is 2.19 bits per heavy atom. The van der Waals surface area contributed by atoms with Gasteiger partial charge in [-0.2, -0.15) is 0 Å². The van der Waals surface area contributed by atoms with Crippen molar-refractivity contribution in [2.45, 2.75) is 71.6 Å². The van der Waals surface area contributed by atoms with Crippen LogP contribution in [0, 0.1) is 6.92 Å². The van der Waals surface area contributed by atoms with E-state index in [9.17, 15) is 9.59 Å². The van der Waals surface area contributed by atoms with Crippen LogP contribution in [-0.4, -0.2) is 47.0 Å². The van der Waals surface area contributed by atoms with E-state index in [4.69, 9.17) is 16.3 Å². The van der Waals surface area contributed by atoms with E-state index in [2.05, 4.69) is 32.6 Å². The number of amides is 1. The smallest absolute Gasteiger partial charge is 0.327 e. The third kappa shape index (κ3) is 4.28. The van der Waals surface area contributed by atoms with Crippen molar-refractivity contribution in [3.63, 3.8) is 0 Å². The molecule has 0 bridgehead atoms. The van der Waals surface area contributed by atoms with Gasteiger partial charge in [-0.1, -0.05) is 41.4 Å². The molecule has 172 valence electrons. The Hall–Kier alpha value is -2.37. The van der Waals surface area contributed by atoms with Gasteiger partial charge in [-0.3, -0.25) is 14.5 Å². The Balaban J connectivity index is 2.05. The molecule has 1 aliphatic heterocycles. The minimum absolute atomic E-state index is 0.0346. The second-order valence-corrected chi connectivity index (χ2v) is 9.69. The number of aryl methyl sites for hydroxylation is 1. The number of nitrogens with zero attached hydrogens (tertiary/aromatic N) is 2. The fraction of sp³-hybridized carbons (Fsp3) is 0.462. The molecule has 2 aromatic rings. The molecule has 0 spiro atoms. The zero-order valence-corrected chi connectivity index (χ0v) is 20.7. The monoisotopic (exact) mass is 456 g/mol. The number of halogens is 1. The lowest BCUT2D eigenvalue weighted by Gasteiger charge is -2.41. The molecule has 1 heterocycles. The van der Waals surface area contributed by atoms with Crippen LogP contribution in [0.1, 0.15) is 57.7 Å². The quantitative estimate of drug-likeness (QED) is 0.328. The van der Waals surface area contributed by atoms with Crippen LogP contribution < -0.4 is 4.74 Å². The predicted octanol–water partition coefficient (Wildman–Crippen LogP) is 5.17. The summed E-state index contributed by atoms with van der Waals surface area (Å²) >= 11 is 6.30. The van der Waals surface area contributed by atoms with Crippen LogP contribution in [-0.2, 0) is 15.0 Å². The zero-order valence-electron chi connectivity index (χ0n) is 20.0. The van der Waals surface area contributed by atoms with E-state index in [0.29, 0.717) is 16.3 Å². The molecule has 0 N–H and O–H groups in total. The summed E-state index contributed by atoms with van der Waals surface area (Å²) in [5, 5.41) is 0.499. The van der Waals surface area contributed by atoms with Gasteiger partial charge < -0.3 is 9.64 Å². The average molecular weight is 457 g/mol. The summed E-state index contributed by atoms with van der Waals surface area (Å²) in [5.41, 5.74) is 1.20. The molecule has 1 amide bonds. The van der Waals surface area contributed by atoms with E-state index in [1.54, 1.807) is 30.1 Å². The van der Waals surface area contributed by atoms with E-state index in [0.717, 1.165) is 11.1 Å². The summed E-state index contributed by atoms with van der Waals surface area (Å²) in [4.78, 5) is 31.0. The van der Waals surface area contributed by atoms with Crippen LogP contribution in [0.2, 0.25) is 5.02 Å². The number of carbonyl (C=O) groups is 2. The SMILES string of the molecule is Cc1ccc(C2(CC(=O)N(C)C(C)N(C(C)C)C(C)C)C(=O)Oc3ccc(Cl)cc32)cc1. The van der Waals surface area contributed by atoms with E-state index in [-0.39, 0.29) is 30.6 Å². The minimum Gasteiger partial charge on any atom is -0.425 e. The Kier molecular flexibility index (Phi) is 7.01. The van der Waals surface area contributed by atoms with Gasteiger partial charge in [-0.25, -0.2) is 0 Å². The maximum absolute atomic E-state index is 13.6. The standard InChI is InChI=1S/C26H33ClN2O3/c1-16(2)29(17(3)4)19(6)28(7)24(30)15-26(20-10-8-18(5)9-11-20)22-14-21(27)12-13-23(22)32-25(26)31/h8-14,16-17,19H,15H2,1-7H3. The number of rotatable bonds is 7. The highest BCUT2D eigenvalue weighted by Crippen LogP contribution is 2.48. The Labute approximate surface area is 196 Å². The van der Waals surface area contributed by atoms with Crippen molar-refractivity contribution in [2.24, 2.45) is 0 Å². The highest BCUT2D eigenvalue weighted by Gasteiger charge is 2.52. The molecule has 32 heavy (non-hydrogen) atoms. The molecule has 6 heteroatoms. The van der Waals surface area contributed by atoms with Gasteiger partial charge in [0.15, 0.2) is 0 Å². The molecule has 3 rings (SSSR count). The molecule has 0 saturated carbocycles. The second kappa shape index (κ2) is 9.24. The summed E-state index contributed by atoms with van der Waals surface area (Å²) in [6, 6.07) is 13.4. The molecule has 0 saturated heterocycles. The number of ether oxygens (including phenoxy) is 1. The first-order chi connectivity index (χ1) is 15.0. The van der Waals surface area contributed by atoms with Crippen LogP contribution in [0.25, 0.3) is 0 Å². The number of benzene rings is 2. The second-order valence-electron chi connectivity index (χ2n) is 9.25. The van der Waals surface area contributed by atoms with Gasteiger partial charge in [0, 0.05) is 29.7 Å². The third-order valence-corrected chi connectivity index (χ3v) is 6.73. The largest absolute Gasteiger partial charge is 0.425 e.